The molecule has 0 aliphatic carbocycles. The zero-order valence-corrected chi connectivity index (χ0v) is 13.0. The Morgan fingerprint density at radius 1 is 1.48 bits per heavy atom. The molecule has 0 saturated heterocycles. The normalized spacial score (nSPS) is 12.2. The number of hydrogen-bond donors (Lipinski definition) is 2. The molecule has 0 saturated carbocycles. The lowest BCUT2D eigenvalue weighted by Crippen LogP contribution is -2.29. The summed E-state index contributed by atoms with van der Waals surface area (Å²) in [5.74, 6) is 0.594. The van der Waals surface area contributed by atoms with Crippen molar-refractivity contribution in [3.8, 4) is 9.88 Å². The van der Waals surface area contributed by atoms with E-state index in [9.17, 15) is 4.79 Å². The Labute approximate surface area is 130 Å². The average molecular weight is 318 g/mol. The van der Waals surface area contributed by atoms with E-state index < -0.39 is 0 Å². The first-order valence-electron chi connectivity index (χ1n) is 6.57. The zero-order valence-electron chi connectivity index (χ0n) is 11.4. The van der Waals surface area contributed by atoms with Crippen molar-refractivity contribution in [3.05, 3.63) is 46.8 Å². The molecule has 3 aromatic heterocycles. The Hall–Kier alpha value is -1.99. The topological polar surface area (TPSA) is 70.7 Å². The minimum absolute atomic E-state index is 0.126. The number of aromatic amines is 1. The minimum atomic E-state index is -0.169. The van der Waals surface area contributed by atoms with Gasteiger partial charge in [-0.1, -0.05) is 13.0 Å². The van der Waals surface area contributed by atoms with Crippen LogP contribution in [-0.2, 0) is 0 Å². The summed E-state index contributed by atoms with van der Waals surface area (Å²) in [6, 6.07) is 3.85. The van der Waals surface area contributed by atoms with Crippen LogP contribution in [0.1, 0.15) is 35.7 Å². The summed E-state index contributed by atoms with van der Waals surface area (Å²) < 4.78 is 0. The molecule has 0 spiro atoms. The fraction of sp³-hybridized carbons (Fsp3) is 0.214. The Balaban J connectivity index is 1.73. The van der Waals surface area contributed by atoms with Gasteiger partial charge in [-0.15, -0.1) is 22.7 Å². The molecule has 1 atom stereocenters. The van der Waals surface area contributed by atoms with E-state index >= 15 is 0 Å². The maximum atomic E-state index is 12.3. The van der Waals surface area contributed by atoms with Gasteiger partial charge in [0.2, 0.25) is 0 Å². The molecule has 7 heteroatoms. The van der Waals surface area contributed by atoms with E-state index in [0.29, 0.717) is 5.69 Å². The lowest BCUT2D eigenvalue weighted by molar-refractivity contribution is 0.0929. The van der Waals surface area contributed by atoms with E-state index in [1.54, 1.807) is 29.1 Å². The van der Waals surface area contributed by atoms with Crippen LogP contribution in [0.25, 0.3) is 9.88 Å². The second kappa shape index (κ2) is 6.19. The average Bonchev–Trinajstić information content (AvgIpc) is 3.26. The minimum Gasteiger partial charge on any atom is -0.347 e. The van der Waals surface area contributed by atoms with Gasteiger partial charge in [-0.3, -0.25) is 4.79 Å². The monoisotopic (exact) mass is 318 g/mol. The molecule has 0 aliphatic heterocycles. The molecule has 3 aromatic rings. The van der Waals surface area contributed by atoms with Crippen molar-refractivity contribution in [2.45, 2.75) is 19.4 Å². The molecular formula is C14H14N4OS2. The van der Waals surface area contributed by atoms with Gasteiger partial charge in [-0.25, -0.2) is 9.97 Å². The molecule has 108 valence electrons. The number of carbonyl (C=O) groups excluding carboxylic acids is 1. The highest BCUT2D eigenvalue weighted by Crippen LogP contribution is 2.28. The fourth-order valence-corrected chi connectivity index (χ4v) is 3.57. The summed E-state index contributed by atoms with van der Waals surface area (Å²) >= 11 is 3.10. The van der Waals surface area contributed by atoms with Gasteiger partial charge in [0.15, 0.2) is 0 Å². The van der Waals surface area contributed by atoms with Gasteiger partial charge in [0.1, 0.15) is 16.5 Å². The maximum absolute atomic E-state index is 12.3. The molecule has 5 nitrogen and oxygen atoms in total. The summed E-state index contributed by atoms with van der Waals surface area (Å²) in [4.78, 5) is 25.0. The van der Waals surface area contributed by atoms with Gasteiger partial charge < -0.3 is 10.3 Å². The number of nitrogens with one attached hydrogen (secondary N) is 2. The highest BCUT2D eigenvalue weighted by Gasteiger charge is 2.18. The molecule has 0 bridgehead atoms. The first-order valence-corrected chi connectivity index (χ1v) is 8.33. The number of amides is 1. The lowest BCUT2D eigenvalue weighted by atomic mass is 10.2. The van der Waals surface area contributed by atoms with Gasteiger partial charge in [0, 0.05) is 17.8 Å². The van der Waals surface area contributed by atoms with Crippen molar-refractivity contribution in [2.24, 2.45) is 0 Å². The molecule has 21 heavy (non-hydrogen) atoms. The largest absolute Gasteiger partial charge is 0.347 e. The Bertz CT molecular complexity index is 703. The molecule has 1 unspecified atom stereocenters. The van der Waals surface area contributed by atoms with Gasteiger partial charge >= 0.3 is 0 Å². The molecule has 3 heterocycles. The number of imidazole rings is 1. The third-order valence-electron chi connectivity index (χ3n) is 3.03. The number of aromatic nitrogens is 3. The van der Waals surface area contributed by atoms with Crippen LogP contribution < -0.4 is 5.32 Å². The molecule has 1 amide bonds. The number of thiophene rings is 1. The standard InChI is InChI=1S/C14H14N4OS2/c1-2-9(12-15-5-6-16-12)17-13(19)10-8-21-14(18-10)11-4-3-7-20-11/h3-9H,2H2,1H3,(H,15,16)(H,17,19). The van der Waals surface area contributed by atoms with Crippen LogP contribution in [0.4, 0.5) is 0 Å². The van der Waals surface area contributed by atoms with Crippen LogP contribution in [0, 0.1) is 0 Å². The van der Waals surface area contributed by atoms with Gasteiger partial charge in [-0.05, 0) is 17.9 Å². The molecule has 0 fully saturated rings. The van der Waals surface area contributed by atoms with Crippen molar-refractivity contribution in [1.82, 2.24) is 20.3 Å². The summed E-state index contributed by atoms with van der Waals surface area (Å²) in [7, 11) is 0. The highest BCUT2D eigenvalue weighted by molar-refractivity contribution is 7.20. The fourth-order valence-electron chi connectivity index (χ4n) is 1.96. The van der Waals surface area contributed by atoms with E-state index in [2.05, 4.69) is 20.3 Å². The van der Waals surface area contributed by atoms with E-state index in [1.165, 1.54) is 11.3 Å². The second-order valence-electron chi connectivity index (χ2n) is 4.42. The summed E-state index contributed by atoms with van der Waals surface area (Å²) in [6.07, 6.45) is 4.20. The number of nitrogens with zero attached hydrogens (tertiary/aromatic N) is 2. The van der Waals surface area contributed by atoms with E-state index in [1.807, 2.05) is 24.4 Å². The molecule has 2 N–H and O–H groups in total. The number of H-pyrrole nitrogens is 1. The van der Waals surface area contributed by atoms with Crippen LogP contribution in [0.15, 0.2) is 35.3 Å². The van der Waals surface area contributed by atoms with Crippen LogP contribution in [0.5, 0.6) is 0 Å². The summed E-state index contributed by atoms with van der Waals surface area (Å²) in [5.41, 5.74) is 0.452. The number of rotatable bonds is 5. The van der Waals surface area contributed by atoms with Crippen molar-refractivity contribution in [3.63, 3.8) is 0 Å². The van der Waals surface area contributed by atoms with Crippen molar-refractivity contribution in [2.75, 3.05) is 0 Å². The summed E-state index contributed by atoms with van der Waals surface area (Å²) in [5, 5.41) is 7.63. The zero-order chi connectivity index (χ0) is 14.7. The van der Waals surface area contributed by atoms with Crippen LogP contribution in [0.3, 0.4) is 0 Å². The van der Waals surface area contributed by atoms with Crippen LogP contribution >= 0.6 is 22.7 Å². The highest BCUT2D eigenvalue weighted by atomic mass is 32.1. The maximum Gasteiger partial charge on any atom is 0.271 e. The van der Waals surface area contributed by atoms with Gasteiger partial charge in [-0.2, -0.15) is 0 Å². The van der Waals surface area contributed by atoms with E-state index in [-0.39, 0.29) is 11.9 Å². The molecule has 3 rings (SSSR count). The quantitative estimate of drug-likeness (QED) is 0.756. The number of thiazole rings is 1. The van der Waals surface area contributed by atoms with Crippen molar-refractivity contribution in [1.29, 1.82) is 0 Å². The Morgan fingerprint density at radius 3 is 3.05 bits per heavy atom. The number of carbonyl (C=O) groups is 1. The second-order valence-corrected chi connectivity index (χ2v) is 6.23. The third kappa shape index (κ3) is 3.03. The van der Waals surface area contributed by atoms with Gasteiger partial charge in [0.05, 0.1) is 10.9 Å². The Kier molecular flexibility index (Phi) is 4.12. The lowest BCUT2D eigenvalue weighted by Gasteiger charge is -2.13. The predicted molar refractivity (Wildman–Crippen MR) is 84.5 cm³/mol. The van der Waals surface area contributed by atoms with Crippen LogP contribution in [0.2, 0.25) is 0 Å². The first-order chi connectivity index (χ1) is 10.3. The molecule has 0 radical (unpaired) electrons. The predicted octanol–water partition coefficient (Wildman–Crippen LogP) is 3.48. The third-order valence-corrected chi connectivity index (χ3v) is 4.91. The first kappa shape index (κ1) is 14.0. The smallest absolute Gasteiger partial charge is 0.271 e. The van der Waals surface area contributed by atoms with Crippen molar-refractivity contribution < 1.29 is 4.79 Å². The molecule has 0 aromatic carbocycles. The molecular weight excluding hydrogens is 304 g/mol. The SMILES string of the molecule is CCC(NC(=O)c1csc(-c2cccs2)n1)c1ncc[nH]1. The number of hydrogen-bond acceptors (Lipinski definition) is 5. The summed E-state index contributed by atoms with van der Waals surface area (Å²) in [6.45, 7) is 2.01. The van der Waals surface area contributed by atoms with Gasteiger partial charge in [0.25, 0.3) is 5.91 Å². The molecule has 0 aliphatic rings. The van der Waals surface area contributed by atoms with E-state index in [0.717, 1.165) is 22.1 Å². The Morgan fingerprint density at radius 2 is 2.38 bits per heavy atom. The van der Waals surface area contributed by atoms with Crippen molar-refractivity contribution >= 4 is 28.6 Å². The van der Waals surface area contributed by atoms with E-state index in [4.69, 9.17) is 0 Å². The van der Waals surface area contributed by atoms with Crippen LogP contribution in [-0.4, -0.2) is 20.9 Å².